The summed E-state index contributed by atoms with van der Waals surface area (Å²) < 4.78 is 19.7. The average Bonchev–Trinajstić information content (AvgIpc) is 2.10. The molecule has 0 rings (SSSR count). The second kappa shape index (κ2) is 11.1. The highest BCUT2D eigenvalue weighted by atomic mass is 28.2. The number of hydrogen-bond acceptors (Lipinski definition) is 4. The Morgan fingerprint density at radius 2 is 1.33 bits per heavy atom. The van der Waals surface area contributed by atoms with Gasteiger partial charge in [0.25, 0.3) is 0 Å². The molecular weight excluding hydrogens is 176 g/mol. The summed E-state index contributed by atoms with van der Waals surface area (Å²) in [6, 6.07) is 0. The molecule has 0 saturated carbocycles. The van der Waals surface area contributed by atoms with Crippen LogP contribution in [0.15, 0.2) is 0 Å². The molecule has 71 valence electrons. The molecule has 3 radical (unpaired) electrons. The molecule has 0 fully saturated rings. The quantitative estimate of drug-likeness (QED) is 0.372. The van der Waals surface area contributed by atoms with E-state index in [-0.39, 0.29) is 0 Å². The number of ether oxygens (including phenoxy) is 3. The first kappa shape index (κ1) is 12.1. The molecule has 0 amide bonds. The van der Waals surface area contributed by atoms with Crippen molar-refractivity contribution < 1.29 is 18.6 Å². The van der Waals surface area contributed by atoms with Gasteiger partial charge in [-0.25, -0.2) is 0 Å². The highest BCUT2D eigenvalue weighted by Crippen LogP contribution is 1.79. The van der Waals surface area contributed by atoms with Crippen molar-refractivity contribution in [2.45, 2.75) is 0 Å². The van der Waals surface area contributed by atoms with Crippen LogP contribution in [-0.4, -0.2) is 57.2 Å². The van der Waals surface area contributed by atoms with Gasteiger partial charge in [0.05, 0.1) is 39.6 Å². The molecule has 0 spiro atoms. The molecule has 0 atom stereocenters. The van der Waals surface area contributed by atoms with E-state index < -0.39 is 0 Å². The Labute approximate surface area is 76.7 Å². The molecule has 0 aromatic carbocycles. The maximum absolute atomic E-state index is 5.15. The van der Waals surface area contributed by atoms with Crippen LogP contribution in [0.25, 0.3) is 0 Å². The molecule has 0 aliphatic rings. The predicted molar refractivity (Wildman–Crippen MR) is 45.2 cm³/mol. The lowest BCUT2D eigenvalue weighted by atomic mass is 10.7. The van der Waals surface area contributed by atoms with Crippen molar-refractivity contribution in [2.24, 2.45) is 0 Å². The zero-order valence-corrected chi connectivity index (χ0v) is 8.38. The summed E-state index contributed by atoms with van der Waals surface area (Å²) in [6.45, 7) is 3.58. The summed E-state index contributed by atoms with van der Waals surface area (Å²) in [6.07, 6.45) is 0. The van der Waals surface area contributed by atoms with E-state index in [1.54, 1.807) is 7.11 Å². The van der Waals surface area contributed by atoms with Gasteiger partial charge in [0.2, 0.25) is 10.5 Å². The van der Waals surface area contributed by atoms with Crippen LogP contribution >= 0.6 is 0 Å². The number of methoxy groups -OCH3 is 1. The van der Waals surface area contributed by atoms with Crippen LogP contribution in [0.3, 0.4) is 0 Å². The van der Waals surface area contributed by atoms with Gasteiger partial charge >= 0.3 is 0 Å². The van der Waals surface area contributed by atoms with Crippen LogP contribution < -0.4 is 0 Å². The van der Waals surface area contributed by atoms with E-state index in [1.807, 2.05) is 0 Å². The highest BCUT2D eigenvalue weighted by Gasteiger charge is 1.88. The highest BCUT2D eigenvalue weighted by molar-refractivity contribution is 5.97. The zero-order valence-electron chi connectivity index (χ0n) is 7.38. The fourth-order valence-electron chi connectivity index (χ4n) is 0.565. The largest absolute Gasteiger partial charge is 0.416 e. The van der Waals surface area contributed by atoms with Crippen LogP contribution in [0.1, 0.15) is 0 Å². The molecule has 0 N–H and O–H groups in total. The van der Waals surface area contributed by atoms with E-state index in [2.05, 4.69) is 14.9 Å². The summed E-state index contributed by atoms with van der Waals surface area (Å²) in [5, 5.41) is 0. The fraction of sp³-hybridized carbons (Fsp3) is 1.00. The lowest BCUT2D eigenvalue weighted by Gasteiger charge is -2.04. The van der Waals surface area contributed by atoms with Crippen molar-refractivity contribution >= 4 is 10.5 Å². The molecule has 5 heteroatoms. The van der Waals surface area contributed by atoms with Gasteiger partial charge in [-0.15, -0.1) is 0 Å². The van der Waals surface area contributed by atoms with Crippen molar-refractivity contribution in [3.8, 4) is 0 Å². The van der Waals surface area contributed by atoms with Crippen LogP contribution in [0, 0.1) is 0 Å². The Morgan fingerprint density at radius 1 is 0.833 bits per heavy atom. The third kappa shape index (κ3) is 10.1. The monoisotopic (exact) mass is 191 g/mol. The van der Waals surface area contributed by atoms with Crippen molar-refractivity contribution in [1.29, 1.82) is 0 Å². The van der Waals surface area contributed by atoms with Gasteiger partial charge < -0.3 is 18.6 Å². The second-order valence-corrected chi connectivity index (χ2v) is 2.35. The Morgan fingerprint density at radius 3 is 1.83 bits per heavy atom. The topological polar surface area (TPSA) is 36.9 Å². The number of hydrogen-bond donors (Lipinski definition) is 0. The molecule has 0 aromatic rings. The molecule has 4 nitrogen and oxygen atoms in total. The Bertz CT molecular complexity index is 71.8. The maximum Gasteiger partial charge on any atom is 0.246 e. The maximum atomic E-state index is 5.15. The smallest absolute Gasteiger partial charge is 0.246 e. The Hall–Kier alpha value is 0.0569. The van der Waals surface area contributed by atoms with Gasteiger partial charge in [-0.2, -0.15) is 0 Å². The van der Waals surface area contributed by atoms with Crippen molar-refractivity contribution in [3.05, 3.63) is 0 Å². The van der Waals surface area contributed by atoms with Gasteiger partial charge in [0.1, 0.15) is 0 Å². The normalized spacial score (nSPS) is 10.5. The van der Waals surface area contributed by atoms with Gasteiger partial charge in [0, 0.05) is 7.11 Å². The first-order valence-electron chi connectivity index (χ1n) is 3.84. The van der Waals surface area contributed by atoms with E-state index in [9.17, 15) is 0 Å². The zero-order chi connectivity index (χ0) is 9.07. The Kier molecular flexibility index (Phi) is 11.1. The third-order valence-electron chi connectivity index (χ3n) is 1.13. The minimum absolute atomic E-state index is 0.551. The van der Waals surface area contributed by atoms with E-state index in [1.165, 1.54) is 0 Å². The fourth-order valence-corrected chi connectivity index (χ4v) is 0.648. The minimum Gasteiger partial charge on any atom is -0.416 e. The summed E-state index contributed by atoms with van der Waals surface area (Å²) in [5.74, 6) is 0. The summed E-state index contributed by atoms with van der Waals surface area (Å²) in [5.41, 5.74) is 0. The SMILES string of the molecule is COCCOCCOCCO[Si]. The lowest BCUT2D eigenvalue weighted by Crippen LogP contribution is -2.10. The molecule has 0 heterocycles. The molecule has 12 heavy (non-hydrogen) atoms. The molecule has 0 aromatic heterocycles. The predicted octanol–water partition coefficient (Wildman–Crippen LogP) is -0.234. The molecule has 0 saturated heterocycles. The lowest BCUT2D eigenvalue weighted by molar-refractivity contribution is 0.0185. The van der Waals surface area contributed by atoms with Crippen molar-refractivity contribution in [3.63, 3.8) is 0 Å². The van der Waals surface area contributed by atoms with E-state index in [0.717, 1.165) is 0 Å². The second-order valence-electron chi connectivity index (χ2n) is 2.07. The summed E-state index contributed by atoms with van der Waals surface area (Å²) in [7, 11) is 4.51. The minimum atomic E-state index is 0.551. The Balaban J connectivity index is 2.73. The molecule has 0 unspecified atom stereocenters. The molecule has 0 bridgehead atoms. The summed E-state index contributed by atoms with van der Waals surface area (Å²) >= 11 is 0. The van der Waals surface area contributed by atoms with Crippen LogP contribution in [-0.2, 0) is 18.6 Å². The van der Waals surface area contributed by atoms with Crippen molar-refractivity contribution in [2.75, 3.05) is 46.8 Å². The van der Waals surface area contributed by atoms with Gasteiger partial charge in [-0.05, 0) is 0 Å². The van der Waals surface area contributed by atoms with E-state index in [0.29, 0.717) is 39.6 Å². The van der Waals surface area contributed by atoms with Crippen LogP contribution in [0.4, 0.5) is 0 Å². The van der Waals surface area contributed by atoms with E-state index in [4.69, 9.17) is 14.2 Å². The van der Waals surface area contributed by atoms with Crippen LogP contribution in [0.2, 0.25) is 0 Å². The average molecular weight is 191 g/mol. The van der Waals surface area contributed by atoms with Gasteiger partial charge in [-0.3, -0.25) is 0 Å². The third-order valence-corrected chi connectivity index (χ3v) is 1.34. The van der Waals surface area contributed by atoms with Gasteiger partial charge in [0.15, 0.2) is 0 Å². The van der Waals surface area contributed by atoms with Crippen molar-refractivity contribution in [1.82, 2.24) is 0 Å². The number of rotatable bonds is 9. The first-order chi connectivity index (χ1) is 5.91. The first-order valence-corrected chi connectivity index (χ1v) is 4.25. The standard InChI is InChI=1S/C7H15O4Si/c1-8-2-3-9-4-5-10-6-7-11-12/h2-7H2,1H3. The van der Waals surface area contributed by atoms with Crippen LogP contribution in [0.5, 0.6) is 0 Å². The molecule has 0 aliphatic heterocycles. The van der Waals surface area contributed by atoms with E-state index >= 15 is 0 Å². The van der Waals surface area contributed by atoms with Gasteiger partial charge in [-0.1, -0.05) is 0 Å². The molecular formula is C7H15O4Si. The molecule has 0 aliphatic carbocycles. The summed E-state index contributed by atoms with van der Waals surface area (Å²) in [4.78, 5) is 0.